The van der Waals surface area contributed by atoms with E-state index in [2.05, 4.69) is 10.2 Å². The highest BCUT2D eigenvalue weighted by molar-refractivity contribution is 5.43. The number of aromatic nitrogens is 6. The quantitative estimate of drug-likeness (QED) is 0.232. The van der Waals surface area contributed by atoms with Gasteiger partial charge < -0.3 is 0 Å². The van der Waals surface area contributed by atoms with E-state index in [1.807, 2.05) is 67.5 Å². The van der Waals surface area contributed by atoms with Gasteiger partial charge in [0.25, 0.3) is 0 Å². The van der Waals surface area contributed by atoms with Crippen molar-refractivity contribution in [2.45, 2.75) is 84.0 Å². The first kappa shape index (κ1) is 30.3. The van der Waals surface area contributed by atoms with Crippen molar-refractivity contribution in [3.05, 3.63) is 82.7 Å². The van der Waals surface area contributed by atoms with Gasteiger partial charge >= 0.3 is 12.4 Å². The van der Waals surface area contributed by atoms with E-state index < -0.39 is 40.0 Å². The molecule has 41 heavy (non-hydrogen) atoms. The summed E-state index contributed by atoms with van der Waals surface area (Å²) in [6.45, 7) is 15.6. The number of rotatable bonds is 4. The van der Waals surface area contributed by atoms with Crippen LogP contribution in [0.5, 0.6) is 0 Å². The van der Waals surface area contributed by atoms with Crippen molar-refractivity contribution in [3.8, 4) is 11.6 Å². The monoisotopic (exact) mass is 578 g/mol. The van der Waals surface area contributed by atoms with Crippen LogP contribution in [0.3, 0.4) is 0 Å². The maximum absolute atomic E-state index is 13.3. The van der Waals surface area contributed by atoms with Gasteiger partial charge in [-0.1, -0.05) is 41.5 Å². The minimum atomic E-state index is -4.61. The molecule has 4 heterocycles. The fraction of sp³-hybridized carbons (Fsp3) is 0.448. The Morgan fingerprint density at radius 1 is 0.512 bits per heavy atom. The number of pyridine rings is 2. The highest BCUT2D eigenvalue weighted by Gasteiger charge is 2.36. The molecular formula is C29H32F6N6. The molecule has 0 aliphatic rings. The van der Waals surface area contributed by atoms with Gasteiger partial charge in [-0.05, 0) is 72.2 Å². The lowest BCUT2D eigenvalue weighted by Gasteiger charge is -2.30. The van der Waals surface area contributed by atoms with Crippen LogP contribution in [0.1, 0.15) is 89.3 Å². The van der Waals surface area contributed by atoms with Crippen LogP contribution in [0.15, 0.2) is 48.8 Å². The van der Waals surface area contributed by atoms with Crippen LogP contribution in [0.2, 0.25) is 0 Å². The molecule has 0 bridgehead atoms. The highest BCUT2D eigenvalue weighted by Crippen LogP contribution is 2.37. The molecule has 0 aromatic carbocycles. The van der Waals surface area contributed by atoms with Crippen LogP contribution in [0, 0.1) is 0 Å². The molecule has 0 N–H and O–H groups in total. The molecule has 0 amide bonds. The van der Waals surface area contributed by atoms with E-state index >= 15 is 0 Å². The fourth-order valence-electron chi connectivity index (χ4n) is 4.11. The summed E-state index contributed by atoms with van der Waals surface area (Å²) in [5, 5.41) is 7.41. The molecule has 0 unspecified atom stereocenters. The van der Waals surface area contributed by atoms with Crippen LogP contribution in [-0.2, 0) is 28.6 Å². The van der Waals surface area contributed by atoms with Crippen molar-refractivity contribution in [1.29, 1.82) is 0 Å². The van der Waals surface area contributed by atoms with Gasteiger partial charge in [0.2, 0.25) is 0 Å². The van der Waals surface area contributed by atoms with Gasteiger partial charge in [0.05, 0.1) is 11.4 Å². The SMILES string of the molecule is CC(C)(C)c1cc(-n2ccc(C(F)(F)F)n2)nc(C(C)(C)c2cc(C(C)(C)C)cc(-n3ccc(C(F)(F)F)n3)n2)c1. The smallest absolute Gasteiger partial charge is 0.233 e. The van der Waals surface area contributed by atoms with Crippen LogP contribution in [0.25, 0.3) is 11.6 Å². The molecule has 0 aliphatic carbocycles. The van der Waals surface area contributed by atoms with E-state index in [1.165, 1.54) is 12.4 Å². The van der Waals surface area contributed by atoms with Crippen molar-refractivity contribution in [2.75, 3.05) is 0 Å². The second-order valence-corrected chi connectivity index (χ2v) is 12.6. The molecule has 4 aromatic heterocycles. The average Bonchev–Trinajstić information content (AvgIpc) is 3.53. The predicted octanol–water partition coefficient (Wildman–Crippen LogP) is 7.81. The first-order chi connectivity index (χ1) is 18.6. The summed E-state index contributed by atoms with van der Waals surface area (Å²) in [6, 6.07) is 8.91. The van der Waals surface area contributed by atoms with E-state index in [0.717, 1.165) is 32.6 Å². The summed E-state index contributed by atoms with van der Waals surface area (Å²) < 4.78 is 81.9. The molecule has 0 spiro atoms. The normalized spacial score (nSPS) is 13.6. The van der Waals surface area contributed by atoms with Gasteiger partial charge in [-0.15, -0.1) is 0 Å². The second-order valence-electron chi connectivity index (χ2n) is 12.6. The standard InChI is InChI=1S/C29H32F6N6/c1-25(2,3)17-13-21(36-23(15-17)40-11-9-19(38-40)28(30,31)32)27(7,8)22-14-18(26(4,5)6)16-24(37-22)41-12-10-20(39-41)29(33,34)35/h9-16H,1-8H3. The maximum Gasteiger partial charge on any atom is 0.435 e. The first-order valence-electron chi connectivity index (χ1n) is 12.9. The summed E-state index contributed by atoms with van der Waals surface area (Å²) in [6.07, 6.45) is -6.80. The van der Waals surface area contributed by atoms with Crippen molar-refractivity contribution in [1.82, 2.24) is 29.5 Å². The van der Waals surface area contributed by atoms with E-state index in [1.54, 1.807) is 12.1 Å². The molecular weight excluding hydrogens is 546 g/mol. The third kappa shape index (κ3) is 6.31. The number of hydrogen-bond donors (Lipinski definition) is 0. The Balaban J connectivity index is 1.91. The zero-order valence-corrected chi connectivity index (χ0v) is 24.1. The number of halogens is 6. The summed E-state index contributed by atoms with van der Waals surface area (Å²) in [7, 11) is 0. The molecule has 4 aromatic rings. The predicted molar refractivity (Wildman–Crippen MR) is 142 cm³/mol. The minimum absolute atomic E-state index is 0.199. The molecule has 6 nitrogen and oxygen atoms in total. The molecule has 12 heteroatoms. The van der Waals surface area contributed by atoms with Gasteiger partial charge in [-0.2, -0.15) is 36.5 Å². The van der Waals surface area contributed by atoms with Crippen molar-refractivity contribution < 1.29 is 26.3 Å². The molecule has 0 saturated heterocycles. The van der Waals surface area contributed by atoms with Gasteiger partial charge in [-0.25, -0.2) is 19.3 Å². The van der Waals surface area contributed by atoms with Gasteiger partial charge in [0, 0.05) is 17.8 Å². The lowest BCUT2D eigenvalue weighted by Crippen LogP contribution is -2.27. The summed E-state index contributed by atoms with van der Waals surface area (Å²) in [4.78, 5) is 9.43. The molecule has 0 saturated carbocycles. The van der Waals surface area contributed by atoms with Crippen molar-refractivity contribution in [3.63, 3.8) is 0 Å². The topological polar surface area (TPSA) is 61.4 Å². The Labute approximate surface area is 234 Å². The molecule has 0 fully saturated rings. The lowest BCUT2D eigenvalue weighted by molar-refractivity contribution is -0.142. The third-order valence-corrected chi connectivity index (χ3v) is 6.86. The van der Waals surface area contributed by atoms with E-state index in [0.29, 0.717) is 11.4 Å². The van der Waals surface area contributed by atoms with Crippen molar-refractivity contribution in [2.24, 2.45) is 0 Å². The highest BCUT2D eigenvalue weighted by atomic mass is 19.4. The molecule has 220 valence electrons. The van der Waals surface area contributed by atoms with Crippen molar-refractivity contribution >= 4 is 0 Å². The third-order valence-electron chi connectivity index (χ3n) is 6.86. The lowest BCUT2D eigenvalue weighted by atomic mass is 9.78. The maximum atomic E-state index is 13.3. The Morgan fingerprint density at radius 3 is 1.12 bits per heavy atom. The zero-order chi connectivity index (χ0) is 30.8. The Morgan fingerprint density at radius 2 is 0.854 bits per heavy atom. The van der Waals surface area contributed by atoms with Crippen LogP contribution in [-0.4, -0.2) is 29.5 Å². The average molecular weight is 579 g/mol. The largest absolute Gasteiger partial charge is 0.435 e. The molecule has 0 aliphatic heterocycles. The van der Waals surface area contributed by atoms with E-state index in [4.69, 9.17) is 9.97 Å². The summed E-state index contributed by atoms with van der Waals surface area (Å²) in [5.74, 6) is 0.398. The van der Waals surface area contributed by atoms with E-state index in [-0.39, 0.29) is 11.6 Å². The summed E-state index contributed by atoms with van der Waals surface area (Å²) in [5.41, 5.74) is -1.16. The number of hydrogen-bond acceptors (Lipinski definition) is 4. The summed E-state index contributed by atoms with van der Waals surface area (Å²) >= 11 is 0. The molecule has 0 atom stereocenters. The van der Waals surface area contributed by atoms with Gasteiger partial charge in [0.15, 0.2) is 23.0 Å². The number of nitrogens with zero attached hydrogens (tertiary/aromatic N) is 6. The zero-order valence-electron chi connectivity index (χ0n) is 24.1. The number of alkyl halides is 6. The fourth-order valence-corrected chi connectivity index (χ4v) is 4.11. The minimum Gasteiger partial charge on any atom is -0.233 e. The van der Waals surface area contributed by atoms with Gasteiger partial charge in [0.1, 0.15) is 0 Å². The first-order valence-corrected chi connectivity index (χ1v) is 12.9. The van der Waals surface area contributed by atoms with Crippen LogP contribution < -0.4 is 0 Å². The second kappa shape index (κ2) is 9.70. The molecule has 0 radical (unpaired) electrons. The van der Waals surface area contributed by atoms with Crippen LogP contribution in [0.4, 0.5) is 26.3 Å². The Hall–Kier alpha value is -3.70. The molecule has 4 rings (SSSR count). The van der Waals surface area contributed by atoms with Gasteiger partial charge in [-0.3, -0.25) is 0 Å². The van der Waals surface area contributed by atoms with E-state index in [9.17, 15) is 26.3 Å². The Kier molecular flexibility index (Phi) is 7.16. The Bertz CT molecular complexity index is 1450. The van der Waals surface area contributed by atoms with Crippen LogP contribution >= 0.6 is 0 Å².